The molecular weight excluding hydrogens is 338 g/mol. The Hall–Kier alpha value is -1.63. The van der Waals surface area contributed by atoms with Gasteiger partial charge in [0.2, 0.25) is 0 Å². The van der Waals surface area contributed by atoms with Gasteiger partial charge in [-0.3, -0.25) is 4.98 Å². The molecule has 1 nitrogen and oxygen atoms in total. The van der Waals surface area contributed by atoms with Gasteiger partial charge in [0.1, 0.15) is 0 Å². The highest BCUT2D eigenvalue weighted by molar-refractivity contribution is 5.60. The standard InChI is InChI=1S/C27H37N/c1-3-5-6-7-22-8-13-25(28-21-22)23-9-11-24(12-10-23)27-18-15-26(14-4-2,16-19-27)17-20-27/h8-13,21H,3-7,14-20H2,1-2H3. The lowest BCUT2D eigenvalue weighted by Gasteiger charge is -2.54. The summed E-state index contributed by atoms with van der Waals surface area (Å²) in [4.78, 5) is 4.74. The van der Waals surface area contributed by atoms with Gasteiger partial charge in [0, 0.05) is 11.8 Å². The van der Waals surface area contributed by atoms with Crippen molar-refractivity contribution in [2.24, 2.45) is 5.41 Å². The van der Waals surface area contributed by atoms with Crippen molar-refractivity contribution in [1.82, 2.24) is 4.98 Å². The lowest BCUT2D eigenvalue weighted by Crippen LogP contribution is -2.44. The van der Waals surface area contributed by atoms with Crippen LogP contribution in [0.1, 0.15) is 95.6 Å². The molecule has 0 radical (unpaired) electrons. The Morgan fingerprint density at radius 2 is 1.50 bits per heavy atom. The molecule has 0 unspecified atom stereocenters. The fourth-order valence-corrected chi connectivity index (χ4v) is 5.92. The second-order valence-electron chi connectivity index (χ2n) is 9.62. The monoisotopic (exact) mass is 375 g/mol. The van der Waals surface area contributed by atoms with E-state index in [0.29, 0.717) is 10.8 Å². The highest BCUT2D eigenvalue weighted by Gasteiger charge is 2.48. The molecule has 5 rings (SSSR count). The van der Waals surface area contributed by atoms with Gasteiger partial charge in [0.05, 0.1) is 5.69 Å². The Bertz CT molecular complexity index is 731. The third-order valence-corrected chi connectivity index (χ3v) is 7.87. The molecule has 2 aromatic rings. The van der Waals surface area contributed by atoms with Crippen LogP contribution in [0, 0.1) is 5.41 Å². The maximum absolute atomic E-state index is 4.74. The molecule has 3 fully saturated rings. The molecule has 0 amide bonds. The van der Waals surface area contributed by atoms with Crippen LogP contribution in [0.15, 0.2) is 42.6 Å². The van der Waals surface area contributed by atoms with Crippen LogP contribution < -0.4 is 0 Å². The molecule has 3 saturated carbocycles. The Morgan fingerprint density at radius 3 is 2.07 bits per heavy atom. The van der Waals surface area contributed by atoms with Crippen LogP contribution in [-0.2, 0) is 11.8 Å². The van der Waals surface area contributed by atoms with Gasteiger partial charge < -0.3 is 0 Å². The van der Waals surface area contributed by atoms with E-state index < -0.39 is 0 Å². The van der Waals surface area contributed by atoms with Gasteiger partial charge in [-0.05, 0) is 85.8 Å². The minimum Gasteiger partial charge on any atom is -0.256 e. The van der Waals surface area contributed by atoms with Crippen molar-refractivity contribution in [2.75, 3.05) is 0 Å². The number of hydrogen-bond acceptors (Lipinski definition) is 1. The van der Waals surface area contributed by atoms with E-state index in [4.69, 9.17) is 4.98 Å². The van der Waals surface area contributed by atoms with Gasteiger partial charge in [-0.15, -0.1) is 0 Å². The first-order valence-electron chi connectivity index (χ1n) is 11.7. The summed E-state index contributed by atoms with van der Waals surface area (Å²) >= 11 is 0. The lowest BCUT2D eigenvalue weighted by atomic mass is 9.51. The summed E-state index contributed by atoms with van der Waals surface area (Å²) in [5.41, 5.74) is 6.47. The van der Waals surface area contributed by atoms with E-state index in [1.54, 1.807) is 5.56 Å². The van der Waals surface area contributed by atoms with E-state index in [9.17, 15) is 0 Å². The molecule has 2 bridgehead atoms. The summed E-state index contributed by atoms with van der Waals surface area (Å²) in [6.45, 7) is 4.61. The van der Waals surface area contributed by atoms with E-state index in [1.807, 2.05) is 0 Å². The van der Waals surface area contributed by atoms with Crippen molar-refractivity contribution in [3.05, 3.63) is 53.7 Å². The Balaban J connectivity index is 1.43. The van der Waals surface area contributed by atoms with Gasteiger partial charge in [-0.25, -0.2) is 0 Å². The number of fused-ring (bicyclic) bond motifs is 3. The topological polar surface area (TPSA) is 12.9 Å². The number of aryl methyl sites for hydroxylation is 1. The Morgan fingerprint density at radius 1 is 0.786 bits per heavy atom. The van der Waals surface area contributed by atoms with Crippen molar-refractivity contribution in [3.8, 4) is 11.3 Å². The quantitative estimate of drug-likeness (QED) is 0.428. The van der Waals surface area contributed by atoms with Crippen LogP contribution in [-0.4, -0.2) is 4.98 Å². The zero-order valence-corrected chi connectivity index (χ0v) is 18.0. The zero-order valence-electron chi connectivity index (χ0n) is 18.0. The van der Waals surface area contributed by atoms with Gasteiger partial charge in [-0.2, -0.15) is 0 Å². The van der Waals surface area contributed by atoms with E-state index in [0.717, 1.165) is 12.1 Å². The number of rotatable bonds is 8. The molecule has 1 aromatic carbocycles. The smallest absolute Gasteiger partial charge is 0.0702 e. The molecular formula is C27H37N. The van der Waals surface area contributed by atoms with E-state index >= 15 is 0 Å². The molecule has 3 aliphatic carbocycles. The summed E-state index contributed by atoms with van der Waals surface area (Å²) < 4.78 is 0. The molecule has 0 atom stereocenters. The van der Waals surface area contributed by atoms with E-state index in [-0.39, 0.29) is 0 Å². The second kappa shape index (κ2) is 8.39. The molecule has 0 N–H and O–H groups in total. The van der Waals surface area contributed by atoms with Crippen LogP contribution in [0.3, 0.4) is 0 Å². The van der Waals surface area contributed by atoms with Gasteiger partial charge >= 0.3 is 0 Å². The van der Waals surface area contributed by atoms with Crippen LogP contribution >= 0.6 is 0 Å². The average molecular weight is 376 g/mol. The predicted octanol–water partition coefficient (Wildman–Crippen LogP) is 7.87. The van der Waals surface area contributed by atoms with Crippen LogP contribution in [0.2, 0.25) is 0 Å². The van der Waals surface area contributed by atoms with Crippen molar-refractivity contribution >= 4 is 0 Å². The molecule has 0 saturated heterocycles. The average Bonchev–Trinajstić information content (AvgIpc) is 2.76. The highest BCUT2D eigenvalue weighted by atomic mass is 14.7. The Labute approximate surface area is 172 Å². The minimum atomic E-state index is 0.463. The Kier molecular flexibility index (Phi) is 5.90. The molecule has 1 heteroatoms. The zero-order chi connectivity index (χ0) is 19.5. The van der Waals surface area contributed by atoms with Gasteiger partial charge in [0.25, 0.3) is 0 Å². The van der Waals surface area contributed by atoms with Crippen LogP contribution in [0.5, 0.6) is 0 Å². The first-order valence-corrected chi connectivity index (χ1v) is 11.7. The maximum Gasteiger partial charge on any atom is 0.0702 e. The minimum absolute atomic E-state index is 0.463. The van der Waals surface area contributed by atoms with E-state index in [2.05, 4.69) is 56.4 Å². The molecule has 0 aliphatic heterocycles. The van der Waals surface area contributed by atoms with Gasteiger partial charge in [0.15, 0.2) is 0 Å². The fourth-order valence-electron chi connectivity index (χ4n) is 5.92. The first kappa shape index (κ1) is 19.7. The summed E-state index contributed by atoms with van der Waals surface area (Å²) in [6, 6.07) is 13.9. The summed E-state index contributed by atoms with van der Waals surface area (Å²) in [5, 5.41) is 0. The number of nitrogens with zero attached hydrogens (tertiary/aromatic N) is 1. The van der Waals surface area contributed by atoms with Gasteiger partial charge in [-0.1, -0.05) is 63.4 Å². The largest absolute Gasteiger partial charge is 0.256 e. The number of hydrogen-bond donors (Lipinski definition) is 0. The van der Waals surface area contributed by atoms with Crippen molar-refractivity contribution in [2.45, 2.75) is 96.3 Å². The third-order valence-electron chi connectivity index (χ3n) is 7.87. The first-order chi connectivity index (χ1) is 13.7. The highest BCUT2D eigenvalue weighted by Crippen LogP contribution is 2.59. The molecule has 28 heavy (non-hydrogen) atoms. The number of unbranched alkanes of at least 4 members (excludes halogenated alkanes) is 2. The van der Waals surface area contributed by atoms with Crippen LogP contribution in [0.25, 0.3) is 11.3 Å². The third kappa shape index (κ3) is 3.91. The van der Waals surface area contributed by atoms with Crippen molar-refractivity contribution in [3.63, 3.8) is 0 Å². The molecule has 150 valence electrons. The predicted molar refractivity (Wildman–Crippen MR) is 120 cm³/mol. The van der Waals surface area contributed by atoms with Crippen LogP contribution in [0.4, 0.5) is 0 Å². The molecule has 3 aliphatic rings. The molecule has 0 spiro atoms. The number of pyridine rings is 1. The summed E-state index contributed by atoms with van der Waals surface area (Å²) in [6.07, 6.45) is 18.4. The van der Waals surface area contributed by atoms with Crippen molar-refractivity contribution in [1.29, 1.82) is 0 Å². The summed E-state index contributed by atoms with van der Waals surface area (Å²) in [7, 11) is 0. The lowest BCUT2D eigenvalue weighted by molar-refractivity contribution is 0.0320. The summed E-state index contributed by atoms with van der Waals surface area (Å²) in [5.74, 6) is 0. The fraction of sp³-hybridized carbons (Fsp3) is 0.593. The second-order valence-corrected chi connectivity index (χ2v) is 9.62. The van der Waals surface area contributed by atoms with Crippen molar-refractivity contribution < 1.29 is 0 Å². The maximum atomic E-state index is 4.74. The number of benzene rings is 1. The molecule has 1 aromatic heterocycles. The normalized spacial score (nSPS) is 26.5. The number of aromatic nitrogens is 1. The van der Waals surface area contributed by atoms with E-state index in [1.165, 1.54) is 81.8 Å². The molecule has 1 heterocycles. The SMILES string of the molecule is CCCCCc1ccc(-c2ccc(C34CCC(CCC)(CC3)CC4)cc2)nc1.